The van der Waals surface area contributed by atoms with Crippen LogP contribution in [0, 0.1) is 20.8 Å². The molecule has 0 atom stereocenters. The molecular formula is C20H23N. The van der Waals surface area contributed by atoms with Crippen LogP contribution in [0.15, 0.2) is 55.3 Å². The monoisotopic (exact) mass is 277 g/mol. The van der Waals surface area contributed by atoms with Crippen molar-refractivity contribution in [1.29, 1.82) is 0 Å². The number of nitrogens with one attached hydrogen (secondary N) is 1. The Morgan fingerprint density at radius 1 is 1.10 bits per heavy atom. The van der Waals surface area contributed by atoms with E-state index >= 15 is 0 Å². The molecule has 108 valence electrons. The van der Waals surface area contributed by atoms with Crippen LogP contribution < -0.4 is 5.32 Å². The Hall–Kier alpha value is -2.28. The van der Waals surface area contributed by atoms with E-state index in [2.05, 4.69) is 57.4 Å². The Balaban J connectivity index is 2.13. The highest BCUT2D eigenvalue weighted by atomic mass is 14.9. The zero-order chi connectivity index (χ0) is 15.4. The van der Waals surface area contributed by atoms with Crippen molar-refractivity contribution >= 4 is 11.8 Å². The van der Waals surface area contributed by atoms with E-state index in [-0.39, 0.29) is 0 Å². The van der Waals surface area contributed by atoms with Gasteiger partial charge < -0.3 is 5.32 Å². The number of hydrogen-bond donors (Lipinski definition) is 1. The van der Waals surface area contributed by atoms with Crippen molar-refractivity contribution in [2.75, 3.05) is 5.32 Å². The number of aryl methyl sites for hydroxylation is 3. The van der Waals surface area contributed by atoms with Gasteiger partial charge in [0.25, 0.3) is 0 Å². The van der Waals surface area contributed by atoms with Crippen LogP contribution in [0.25, 0.3) is 6.08 Å². The summed E-state index contributed by atoms with van der Waals surface area (Å²) in [5.41, 5.74) is 8.50. The van der Waals surface area contributed by atoms with Crippen LogP contribution in [-0.4, -0.2) is 0 Å². The standard InChI is InChI=1S/C20H23N/c1-6-18-8-7-9-19(13-18)21-17(5)12-20-15(3)10-14(2)11-16(20)4/h6-11,13,21H,1,5,12H2,2-4H3. The summed E-state index contributed by atoms with van der Waals surface area (Å²) in [5.74, 6) is 0. The molecule has 0 aromatic heterocycles. The van der Waals surface area contributed by atoms with Crippen molar-refractivity contribution in [1.82, 2.24) is 0 Å². The van der Waals surface area contributed by atoms with E-state index in [1.165, 1.54) is 22.3 Å². The zero-order valence-electron chi connectivity index (χ0n) is 13.2. The predicted molar refractivity (Wildman–Crippen MR) is 93.7 cm³/mol. The molecule has 21 heavy (non-hydrogen) atoms. The fraction of sp³-hybridized carbons (Fsp3) is 0.200. The van der Waals surface area contributed by atoms with Gasteiger partial charge in [-0.05, 0) is 55.2 Å². The smallest absolute Gasteiger partial charge is 0.0387 e. The van der Waals surface area contributed by atoms with E-state index in [0.717, 1.165) is 23.4 Å². The highest BCUT2D eigenvalue weighted by molar-refractivity contribution is 5.58. The molecule has 0 aliphatic carbocycles. The minimum absolute atomic E-state index is 0.844. The van der Waals surface area contributed by atoms with E-state index in [4.69, 9.17) is 0 Å². The summed E-state index contributed by atoms with van der Waals surface area (Å²) >= 11 is 0. The van der Waals surface area contributed by atoms with Gasteiger partial charge in [0.05, 0.1) is 0 Å². The second-order valence-electron chi connectivity index (χ2n) is 5.61. The molecule has 2 aromatic rings. The number of rotatable bonds is 5. The lowest BCUT2D eigenvalue weighted by Gasteiger charge is -2.15. The summed E-state index contributed by atoms with van der Waals surface area (Å²) in [4.78, 5) is 0. The molecule has 0 radical (unpaired) electrons. The Labute approximate surface area is 128 Å². The van der Waals surface area contributed by atoms with Crippen molar-refractivity contribution in [3.63, 3.8) is 0 Å². The topological polar surface area (TPSA) is 12.0 Å². The summed E-state index contributed by atoms with van der Waals surface area (Å²) in [6.07, 6.45) is 2.69. The normalized spacial score (nSPS) is 10.2. The third-order valence-electron chi connectivity index (χ3n) is 3.67. The molecule has 0 bridgehead atoms. The van der Waals surface area contributed by atoms with E-state index in [1.807, 2.05) is 24.3 Å². The van der Waals surface area contributed by atoms with Gasteiger partial charge in [-0.3, -0.25) is 0 Å². The average Bonchev–Trinajstić information content (AvgIpc) is 2.43. The van der Waals surface area contributed by atoms with Crippen LogP contribution in [-0.2, 0) is 6.42 Å². The van der Waals surface area contributed by atoms with Gasteiger partial charge in [-0.25, -0.2) is 0 Å². The van der Waals surface area contributed by atoms with Crippen LogP contribution in [0.3, 0.4) is 0 Å². The van der Waals surface area contributed by atoms with Gasteiger partial charge in [-0.1, -0.05) is 49.1 Å². The number of anilines is 1. The third-order valence-corrected chi connectivity index (χ3v) is 3.67. The Morgan fingerprint density at radius 2 is 1.76 bits per heavy atom. The lowest BCUT2D eigenvalue weighted by atomic mass is 9.96. The minimum atomic E-state index is 0.844. The molecule has 1 heteroatoms. The van der Waals surface area contributed by atoms with E-state index < -0.39 is 0 Å². The van der Waals surface area contributed by atoms with Gasteiger partial charge in [0, 0.05) is 17.8 Å². The first kappa shape index (κ1) is 15.1. The van der Waals surface area contributed by atoms with Gasteiger partial charge in [-0.15, -0.1) is 0 Å². The maximum atomic E-state index is 4.17. The Morgan fingerprint density at radius 3 is 2.38 bits per heavy atom. The lowest BCUT2D eigenvalue weighted by Crippen LogP contribution is -2.04. The summed E-state index contributed by atoms with van der Waals surface area (Å²) in [5, 5.41) is 3.39. The highest BCUT2D eigenvalue weighted by Gasteiger charge is 2.06. The second-order valence-corrected chi connectivity index (χ2v) is 5.61. The molecule has 2 aromatic carbocycles. The molecule has 0 heterocycles. The van der Waals surface area contributed by atoms with Crippen LogP contribution in [0.5, 0.6) is 0 Å². The Kier molecular flexibility index (Phi) is 4.64. The molecule has 1 nitrogen and oxygen atoms in total. The third kappa shape index (κ3) is 3.85. The molecule has 0 unspecified atom stereocenters. The molecule has 0 aliphatic heterocycles. The molecule has 0 amide bonds. The highest BCUT2D eigenvalue weighted by Crippen LogP contribution is 2.21. The quantitative estimate of drug-likeness (QED) is 0.769. The first-order valence-electron chi connectivity index (χ1n) is 7.23. The van der Waals surface area contributed by atoms with Crippen LogP contribution >= 0.6 is 0 Å². The lowest BCUT2D eigenvalue weighted by molar-refractivity contribution is 1.09. The predicted octanol–water partition coefficient (Wildman–Crippen LogP) is 5.42. The average molecular weight is 277 g/mol. The van der Waals surface area contributed by atoms with Crippen molar-refractivity contribution < 1.29 is 0 Å². The van der Waals surface area contributed by atoms with Crippen LogP contribution in [0.2, 0.25) is 0 Å². The maximum absolute atomic E-state index is 4.17. The summed E-state index contributed by atoms with van der Waals surface area (Å²) in [6.45, 7) is 14.4. The van der Waals surface area contributed by atoms with E-state index in [1.54, 1.807) is 0 Å². The first-order valence-corrected chi connectivity index (χ1v) is 7.23. The molecule has 0 saturated heterocycles. The van der Waals surface area contributed by atoms with Crippen LogP contribution in [0.1, 0.15) is 27.8 Å². The largest absolute Gasteiger partial charge is 0.359 e. The molecule has 0 aliphatic rings. The fourth-order valence-electron chi connectivity index (χ4n) is 2.69. The minimum Gasteiger partial charge on any atom is -0.359 e. The fourth-order valence-corrected chi connectivity index (χ4v) is 2.69. The molecular weight excluding hydrogens is 254 g/mol. The molecule has 1 N–H and O–H groups in total. The van der Waals surface area contributed by atoms with Gasteiger partial charge in [0.15, 0.2) is 0 Å². The first-order chi connectivity index (χ1) is 9.99. The molecule has 0 fully saturated rings. The summed E-state index contributed by atoms with van der Waals surface area (Å²) in [6, 6.07) is 12.6. The Bertz CT molecular complexity index is 657. The van der Waals surface area contributed by atoms with Gasteiger partial charge in [0.2, 0.25) is 0 Å². The van der Waals surface area contributed by atoms with E-state index in [9.17, 15) is 0 Å². The number of benzene rings is 2. The van der Waals surface area contributed by atoms with Gasteiger partial charge in [0.1, 0.15) is 0 Å². The second kappa shape index (κ2) is 6.45. The van der Waals surface area contributed by atoms with Gasteiger partial charge in [-0.2, -0.15) is 0 Å². The molecule has 0 spiro atoms. The molecule has 2 rings (SSSR count). The van der Waals surface area contributed by atoms with E-state index in [0.29, 0.717) is 0 Å². The maximum Gasteiger partial charge on any atom is 0.0387 e. The summed E-state index contributed by atoms with van der Waals surface area (Å²) in [7, 11) is 0. The number of hydrogen-bond acceptors (Lipinski definition) is 1. The number of allylic oxidation sites excluding steroid dienone is 1. The zero-order valence-corrected chi connectivity index (χ0v) is 13.2. The van der Waals surface area contributed by atoms with Crippen LogP contribution in [0.4, 0.5) is 5.69 Å². The molecule has 0 saturated carbocycles. The van der Waals surface area contributed by atoms with Gasteiger partial charge >= 0.3 is 0 Å². The van der Waals surface area contributed by atoms with Crippen molar-refractivity contribution in [3.05, 3.63) is 83.1 Å². The summed E-state index contributed by atoms with van der Waals surface area (Å²) < 4.78 is 0. The van der Waals surface area contributed by atoms with Crippen molar-refractivity contribution in [2.45, 2.75) is 27.2 Å². The SMILES string of the molecule is C=Cc1cccc(NC(=C)Cc2c(C)cc(C)cc2C)c1. The van der Waals surface area contributed by atoms with Crippen molar-refractivity contribution in [3.8, 4) is 0 Å². The van der Waals surface area contributed by atoms with Crippen molar-refractivity contribution in [2.24, 2.45) is 0 Å².